The second-order valence-electron chi connectivity index (χ2n) is 7.15. The van der Waals surface area contributed by atoms with E-state index in [1.165, 1.54) is 24.4 Å². The van der Waals surface area contributed by atoms with Crippen LogP contribution < -0.4 is 15.5 Å². The third-order valence-corrected chi connectivity index (χ3v) is 4.87. The molecule has 2 atom stereocenters. The van der Waals surface area contributed by atoms with Crippen LogP contribution in [0.4, 0.5) is 25.8 Å². The Morgan fingerprint density at radius 3 is 2.61 bits per heavy atom. The Balaban J connectivity index is 1.55. The van der Waals surface area contributed by atoms with Crippen LogP contribution in [0.2, 0.25) is 0 Å². The highest BCUT2D eigenvalue weighted by atomic mass is 19.1. The number of halogens is 2. The van der Waals surface area contributed by atoms with Crippen molar-refractivity contribution < 1.29 is 18.3 Å². The van der Waals surface area contributed by atoms with Gasteiger partial charge >= 0.3 is 0 Å². The van der Waals surface area contributed by atoms with Gasteiger partial charge in [0.05, 0.1) is 29.2 Å². The second kappa shape index (κ2) is 7.24. The summed E-state index contributed by atoms with van der Waals surface area (Å²) in [5.74, 6) is -1.26. The number of nitrogens with one attached hydrogen (secondary N) is 2. The third kappa shape index (κ3) is 3.45. The first kappa shape index (κ1) is 18.4. The van der Waals surface area contributed by atoms with Gasteiger partial charge in [-0.2, -0.15) is 0 Å². The maximum atomic E-state index is 14.7. The fraction of sp³-hybridized carbons (Fsp3) is 0.286. The molecule has 0 spiro atoms. The molecule has 146 valence electrons. The lowest BCUT2D eigenvalue weighted by Gasteiger charge is -2.37. The highest BCUT2D eigenvalue weighted by molar-refractivity contribution is 6.31. The van der Waals surface area contributed by atoms with Gasteiger partial charge in [0, 0.05) is 30.5 Å². The fourth-order valence-electron chi connectivity index (χ4n) is 3.73. The van der Waals surface area contributed by atoms with Gasteiger partial charge in [0.2, 0.25) is 0 Å². The molecule has 4 rings (SSSR count). The Hall–Kier alpha value is -2.93. The summed E-state index contributed by atoms with van der Waals surface area (Å²) in [5, 5.41) is 5.52. The molecule has 2 N–H and O–H groups in total. The number of amides is 1. The molecule has 2 aromatic carbocycles. The summed E-state index contributed by atoms with van der Waals surface area (Å²) < 4.78 is 34.5. The highest BCUT2D eigenvalue weighted by Gasteiger charge is 2.27. The number of nitrogens with zero attached hydrogens (tertiary/aromatic N) is 1. The summed E-state index contributed by atoms with van der Waals surface area (Å²) in [6, 6.07) is 9.26. The number of morpholine rings is 1. The molecule has 2 unspecified atom stereocenters. The molecule has 0 radical (unpaired) electrons. The van der Waals surface area contributed by atoms with E-state index in [1.54, 1.807) is 18.2 Å². The Morgan fingerprint density at radius 1 is 1.14 bits per heavy atom. The number of carbonyl (C=O) groups is 1. The predicted molar refractivity (Wildman–Crippen MR) is 105 cm³/mol. The van der Waals surface area contributed by atoms with Gasteiger partial charge in [-0.05, 0) is 44.2 Å². The van der Waals surface area contributed by atoms with E-state index >= 15 is 0 Å². The maximum absolute atomic E-state index is 14.7. The van der Waals surface area contributed by atoms with Crippen molar-refractivity contribution in [2.24, 2.45) is 0 Å². The van der Waals surface area contributed by atoms with Gasteiger partial charge < -0.3 is 20.3 Å². The Kier molecular flexibility index (Phi) is 4.77. The van der Waals surface area contributed by atoms with Gasteiger partial charge in [0.1, 0.15) is 11.6 Å². The molecule has 7 heteroatoms. The molecule has 28 heavy (non-hydrogen) atoms. The third-order valence-electron chi connectivity index (χ3n) is 4.87. The standard InChI is InChI=1S/C21H21F2N3O2/c1-12-10-26(11-13(2)28-12)19-7-6-14(8-17(19)23)24-9-15-20-16(22)4-3-5-18(20)25-21(15)27/h3-9,12-13,24H,10-11H2,1-2H3,(H,25,27). The molecule has 2 aliphatic rings. The van der Waals surface area contributed by atoms with Crippen LogP contribution >= 0.6 is 0 Å². The van der Waals surface area contributed by atoms with E-state index in [1.807, 2.05) is 18.7 Å². The van der Waals surface area contributed by atoms with E-state index in [2.05, 4.69) is 10.6 Å². The minimum absolute atomic E-state index is 0.0292. The van der Waals surface area contributed by atoms with Crippen molar-refractivity contribution in [2.75, 3.05) is 28.6 Å². The van der Waals surface area contributed by atoms with Gasteiger partial charge in [-0.25, -0.2) is 8.78 Å². The zero-order chi connectivity index (χ0) is 19.8. The number of benzene rings is 2. The van der Waals surface area contributed by atoms with Crippen molar-refractivity contribution in [3.05, 3.63) is 59.8 Å². The Morgan fingerprint density at radius 2 is 1.89 bits per heavy atom. The van der Waals surface area contributed by atoms with Crippen LogP contribution in [0.5, 0.6) is 0 Å². The molecule has 1 fully saturated rings. The van der Waals surface area contributed by atoms with Crippen LogP contribution in [0.25, 0.3) is 5.57 Å². The van der Waals surface area contributed by atoms with Crippen molar-refractivity contribution in [1.82, 2.24) is 0 Å². The van der Waals surface area contributed by atoms with Gasteiger partial charge in [0.25, 0.3) is 5.91 Å². The second-order valence-corrected chi connectivity index (χ2v) is 7.15. The molecular weight excluding hydrogens is 364 g/mol. The van der Waals surface area contributed by atoms with Crippen LogP contribution in [0, 0.1) is 11.6 Å². The first-order chi connectivity index (χ1) is 13.4. The van der Waals surface area contributed by atoms with Crippen molar-refractivity contribution >= 4 is 28.5 Å². The summed E-state index contributed by atoms with van der Waals surface area (Å²) in [6.07, 6.45) is 1.46. The van der Waals surface area contributed by atoms with Crippen molar-refractivity contribution in [3.63, 3.8) is 0 Å². The number of hydrogen-bond donors (Lipinski definition) is 2. The van der Waals surface area contributed by atoms with Crippen LogP contribution in [0.1, 0.15) is 19.4 Å². The fourth-order valence-corrected chi connectivity index (χ4v) is 3.73. The number of anilines is 3. The summed E-state index contributed by atoms with van der Waals surface area (Å²) in [6.45, 7) is 5.17. The van der Waals surface area contributed by atoms with Gasteiger partial charge in [-0.15, -0.1) is 0 Å². The van der Waals surface area contributed by atoms with E-state index in [-0.39, 0.29) is 29.2 Å². The first-order valence-electron chi connectivity index (χ1n) is 9.19. The molecule has 0 saturated carbocycles. The number of hydrogen-bond acceptors (Lipinski definition) is 4. The average molecular weight is 385 g/mol. The van der Waals surface area contributed by atoms with Crippen LogP contribution in [0.15, 0.2) is 42.6 Å². The lowest BCUT2D eigenvalue weighted by Crippen LogP contribution is -2.45. The molecule has 2 aromatic rings. The minimum Gasteiger partial charge on any atom is -0.372 e. The normalized spacial score (nSPS) is 22.9. The summed E-state index contributed by atoms with van der Waals surface area (Å²) in [7, 11) is 0. The van der Waals surface area contributed by atoms with Crippen LogP contribution in [-0.2, 0) is 9.53 Å². The number of ether oxygens (including phenoxy) is 1. The minimum atomic E-state index is -0.485. The molecule has 5 nitrogen and oxygen atoms in total. The van der Waals surface area contributed by atoms with Gasteiger partial charge in [-0.1, -0.05) is 6.07 Å². The van der Waals surface area contributed by atoms with Crippen LogP contribution in [0.3, 0.4) is 0 Å². The van der Waals surface area contributed by atoms with E-state index < -0.39 is 11.7 Å². The van der Waals surface area contributed by atoms with E-state index in [0.717, 1.165) is 0 Å². The lowest BCUT2D eigenvalue weighted by atomic mass is 10.1. The predicted octanol–water partition coefficient (Wildman–Crippen LogP) is 3.98. The van der Waals surface area contributed by atoms with Gasteiger partial charge in [0.15, 0.2) is 0 Å². The largest absolute Gasteiger partial charge is 0.372 e. The number of carbonyl (C=O) groups excluding carboxylic acids is 1. The molecule has 1 amide bonds. The summed E-state index contributed by atoms with van der Waals surface area (Å²) in [4.78, 5) is 14.1. The first-order valence-corrected chi connectivity index (χ1v) is 9.19. The number of fused-ring (bicyclic) bond motifs is 1. The number of rotatable bonds is 3. The maximum Gasteiger partial charge on any atom is 0.257 e. The highest BCUT2D eigenvalue weighted by Crippen LogP contribution is 2.34. The molecule has 0 bridgehead atoms. The van der Waals surface area contributed by atoms with Crippen LogP contribution in [-0.4, -0.2) is 31.2 Å². The molecule has 2 heterocycles. The topological polar surface area (TPSA) is 53.6 Å². The Bertz CT molecular complexity index is 951. The molecule has 1 saturated heterocycles. The summed E-state index contributed by atoms with van der Waals surface area (Å²) in [5.41, 5.74) is 1.80. The zero-order valence-corrected chi connectivity index (χ0v) is 15.6. The SMILES string of the molecule is CC1CN(c2ccc(NC=C3C(=O)Nc4cccc(F)c43)cc2F)CC(C)O1. The Labute approximate surface area is 162 Å². The van der Waals surface area contributed by atoms with Gasteiger partial charge in [-0.3, -0.25) is 4.79 Å². The van der Waals surface area contributed by atoms with E-state index in [0.29, 0.717) is 30.2 Å². The zero-order valence-electron chi connectivity index (χ0n) is 15.6. The summed E-state index contributed by atoms with van der Waals surface area (Å²) >= 11 is 0. The average Bonchev–Trinajstić information content (AvgIpc) is 2.95. The van der Waals surface area contributed by atoms with Crippen molar-refractivity contribution in [3.8, 4) is 0 Å². The molecule has 0 aliphatic carbocycles. The quantitative estimate of drug-likeness (QED) is 0.785. The van der Waals surface area contributed by atoms with E-state index in [9.17, 15) is 13.6 Å². The van der Waals surface area contributed by atoms with E-state index in [4.69, 9.17) is 4.74 Å². The van der Waals surface area contributed by atoms with Crippen molar-refractivity contribution in [2.45, 2.75) is 26.1 Å². The monoisotopic (exact) mass is 385 g/mol. The van der Waals surface area contributed by atoms with Crippen molar-refractivity contribution in [1.29, 1.82) is 0 Å². The smallest absolute Gasteiger partial charge is 0.257 e. The molecular formula is C21H21F2N3O2. The molecule has 0 aromatic heterocycles. The molecule has 2 aliphatic heterocycles. The lowest BCUT2D eigenvalue weighted by molar-refractivity contribution is -0.110.